The number of nitro groups is 1. The number of nitro benzene ring substituents is 1. The predicted molar refractivity (Wildman–Crippen MR) is 93.8 cm³/mol. The van der Waals surface area contributed by atoms with Gasteiger partial charge in [0.15, 0.2) is 0 Å². The molecule has 0 aliphatic heterocycles. The van der Waals surface area contributed by atoms with E-state index >= 15 is 0 Å². The summed E-state index contributed by atoms with van der Waals surface area (Å²) in [5.74, 6) is -1.18. The van der Waals surface area contributed by atoms with E-state index in [4.69, 9.17) is 9.47 Å². The summed E-state index contributed by atoms with van der Waals surface area (Å²) in [7, 11) is 0. The molecule has 2 rings (SSSR count). The fourth-order valence-corrected chi connectivity index (χ4v) is 2.21. The first-order valence-corrected chi connectivity index (χ1v) is 8.19. The maximum absolute atomic E-state index is 12.1. The molecule has 0 atom stereocenters. The van der Waals surface area contributed by atoms with E-state index in [1.165, 1.54) is 18.2 Å². The summed E-state index contributed by atoms with van der Waals surface area (Å²) in [6.45, 7) is 2.19. The van der Waals surface area contributed by atoms with E-state index in [-0.39, 0.29) is 17.9 Å². The molecule has 136 valence electrons. The first-order valence-electron chi connectivity index (χ1n) is 8.19. The van der Waals surface area contributed by atoms with Crippen molar-refractivity contribution in [3.63, 3.8) is 0 Å². The molecule has 0 aromatic heterocycles. The molecule has 0 unspecified atom stereocenters. The number of esters is 2. The molecule has 0 N–H and O–H groups in total. The van der Waals surface area contributed by atoms with Gasteiger partial charge in [-0.15, -0.1) is 0 Å². The first kappa shape index (κ1) is 19.1. The summed E-state index contributed by atoms with van der Waals surface area (Å²) >= 11 is 0. The highest BCUT2D eigenvalue weighted by Crippen LogP contribution is 2.16. The maximum atomic E-state index is 12.1. The van der Waals surface area contributed by atoms with Gasteiger partial charge in [-0.25, -0.2) is 9.59 Å². The molecular formula is C19H19NO6. The third-order valence-corrected chi connectivity index (χ3v) is 3.62. The van der Waals surface area contributed by atoms with E-state index in [1.54, 1.807) is 24.3 Å². The van der Waals surface area contributed by atoms with E-state index < -0.39 is 16.9 Å². The monoisotopic (exact) mass is 357 g/mol. The number of non-ortho nitro benzene ring substituents is 1. The Morgan fingerprint density at radius 1 is 1.04 bits per heavy atom. The number of hydrogen-bond acceptors (Lipinski definition) is 6. The average molecular weight is 357 g/mol. The van der Waals surface area contributed by atoms with Gasteiger partial charge in [-0.2, -0.15) is 0 Å². The summed E-state index contributed by atoms with van der Waals surface area (Å²) in [6, 6.07) is 12.0. The zero-order valence-electron chi connectivity index (χ0n) is 14.3. The Bertz CT molecular complexity index is 802. The molecule has 0 radical (unpaired) electrons. The number of unbranched alkanes of at least 4 members (excludes halogenated alkanes) is 1. The molecule has 0 fully saturated rings. The SMILES string of the molecule is CCCCOC(=O)c1ccccc1COC(=O)c1cccc([N+](=O)[O-])c1. The smallest absolute Gasteiger partial charge is 0.338 e. The summed E-state index contributed by atoms with van der Waals surface area (Å²) < 4.78 is 10.4. The van der Waals surface area contributed by atoms with Crippen LogP contribution in [0.4, 0.5) is 5.69 Å². The number of nitrogens with zero attached hydrogens (tertiary/aromatic N) is 1. The van der Waals surface area contributed by atoms with Crippen molar-refractivity contribution in [3.05, 3.63) is 75.3 Å². The highest BCUT2D eigenvalue weighted by atomic mass is 16.6. The molecule has 0 saturated heterocycles. The van der Waals surface area contributed by atoms with E-state index in [0.29, 0.717) is 17.7 Å². The Morgan fingerprint density at radius 2 is 1.81 bits per heavy atom. The van der Waals surface area contributed by atoms with Crippen LogP contribution in [0.15, 0.2) is 48.5 Å². The Labute approximate surface area is 150 Å². The first-order chi connectivity index (χ1) is 12.5. The van der Waals surface area contributed by atoms with Crippen molar-refractivity contribution in [2.24, 2.45) is 0 Å². The van der Waals surface area contributed by atoms with Crippen LogP contribution in [-0.4, -0.2) is 23.5 Å². The Hall–Kier alpha value is -3.22. The number of carbonyl (C=O) groups excluding carboxylic acids is 2. The van der Waals surface area contributed by atoms with Crippen molar-refractivity contribution in [3.8, 4) is 0 Å². The van der Waals surface area contributed by atoms with Crippen molar-refractivity contribution in [2.45, 2.75) is 26.4 Å². The number of carbonyl (C=O) groups is 2. The van der Waals surface area contributed by atoms with Crippen LogP contribution < -0.4 is 0 Å². The quantitative estimate of drug-likeness (QED) is 0.308. The van der Waals surface area contributed by atoms with Crippen LogP contribution in [0.5, 0.6) is 0 Å². The average Bonchev–Trinajstić information content (AvgIpc) is 2.66. The molecule has 7 heteroatoms. The lowest BCUT2D eigenvalue weighted by molar-refractivity contribution is -0.384. The number of ether oxygens (including phenoxy) is 2. The van der Waals surface area contributed by atoms with Crippen LogP contribution in [0.1, 0.15) is 46.0 Å². The van der Waals surface area contributed by atoms with Gasteiger partial charge in [0.05, 0.1) is 22.7 Å². The van der Waals surface area contributed by atoms with Crippen LogP contribution in [-0.2, 0) is 16.1 Å². The molecule has 2 aromatic rings. The summed E-state index contributed by atoms with van der Waals surface area (Å²) in [5, 5.41) is 10.8. The van der Waals surface area contributed by atoms with Gasteiger partial charge < -0.3 is 9.47 Å². The molecule has 0 saturated carbocycles. The van der Waals surface area contributed by atoms with Crippen LogP contribution in [0.2, 0.25) is 0 Å². The van der Waals surface area contributed by atoms with Crippen molar-refractivity contribution >= 4 is 17.6 Å². The molecule has 0 bridgehead atoms. The minimum Gasteiger partial charge on any atom is -0.462 e. The molecule has 0 aliphatic rings. The molecule has 2 aromatic carbocycles. The van der Waals surface area contributed by atoms with Gasteiger partial charge in [0, 0.05) is 17.7 Å². The summed E-state index contributed by atoms with van der Waals surface area (Å²) in [6.07, 6.45) is 1.69. The van der Waals surface area contributed by atoms with E-state index in [9.17, 15) is 19.7 Å². The molecule has 0 amide bonds. The van der Waals surface area contributed by atoms with E-state index in [1.807, 2.05) is 6.92 Å². The minimum atomic E-state index is -0.706. The van der Waals surface area contributed by atoms with Gasteiger partial charge in [-0.1, -0.05) is 37.6 Å². The van der Waals surface area contributed by atoms with E-state index in [0.717, 1.165) is 18.9 Å². The Balaban J connectivity index is 2.05. The fourth-order valence-electron chi connectivity index (χ4n) is 2.21. The van der Waals surface area contributed by atoms with Crippen molar-refractivity contribution in [2.75, 3.05) is 6.61 Å². The number of hydrogen-bond donors (Lipinski definition) is 0. The van der Waals surface area contributed by atoms with Crippen LogP contribution in [0.3, 0.4) is 0 Å². The highest BCUT2D eigenvalue weighted by molar-refractivity contribution is 5.92. The third kappa shape index (κ3) is 5.14. The van der Waals surface area contributed by atoms with Crippen molar-refractivity contribution in [1.29, 1.82) is 0 Å². The molecule has 7 nitrogen and oxygen atoms in total. The topological polar surface area (TPSA) is 95.7 Å². The lowest BCUT2D eigenvalue weighted by Gasteiger charge is -2.10. The Morgan fingerprint density at radius 3 is 2.54 bits per heavy atom. The largest absolute Gasteiger partial charge is 0.462 e. The normalized spacial score (nSPS) is 10.2. The van der Waals surface area contributed by atoms with Crippen LogP contribution >= 0.6 is 0 Å². The fraction of sp³-hybridized carbons (Fsp3) is 0.263. The zero-order valence-corrected chi connectivity index (χ0v) is 14.3. The summed E-state index contributed by atoms with van der Waals surface area (Å²) in [5.41, 5.74) is 0.713. The minimum absolute atomic E-state index is 0.0715. The second-order valence-electron chi connectivity index (χ2n) is 5.53. The van der Waals surface area contributed by atoms with Gasteiger partial charge in [-0.05, 0) is 18.6 Å². The molecular weight excluding hydrogens is 338 g/mol. The highest BCUT2D eigenvalue weighted by Gasteiger charge is 2.16. The third-order valence-electron chi connectivity index (χ3n) is 3.62. The second kappa shape index (κ2) is 9.31. The Kier molecular flexibility index (Phi) is 6.84. The van der Waals surface area contributed by atoms with Crippen LogP contribution in [0, 0.1) is 10.1 Å². The van der Waals surface area contributed by atoms with Gasteiger partial charge in [0.1, 0.15) is 6.61 Å². The predicted octanol–water partition coefficient (Wildman–Crippen LogP) is 3.91. The van der Waals surface area contributed by atoms with Gasteiger partial charge in [0.25, 0.3) is 5.69 Å². The van der Waals surface area contributed by atoms with E-state index in [2.05, 4.69) is 0 Å². The summed E-state index contributed by atoms with van der Waals surface area (Å²) in [4.78, 5) is 34.5. The second-order valence-corrected chi connectivity index (χ2v) is 5.53. The lowest BCUT2D eigenvalue weighted by atomic mass is 10.1. The lowest BCUT2D eigenvalue weighted by Crippen LogP contribution is -2.12. The molecule has 0 aliphatic carbocycles. The molecule has 0 spiro atoms. The van der Waals surface area contributed by atoms with Crippen molar-refractivity contribution < 1.29 is 24.0 Å². The number of rotatable bonds is 8. The van der Waals surface area contributed by atoms with Gasteiger partial charge in [-0.3, -0.25) is 10.1 Å². The van der Waals surface area contributed by atoms with Gasteiger partial charge in [0.2, 0.25) is 0 Å². The van der Waals surface area contributed by atoms with Crippen molar-refractivity contribution in [1.82, 2.24) is 0 Å². The standard InChI is InChI=1S/C19H19NO6/c1-2-3-11-25-19(22)17-10-5-4-7-15(17)13-26-18(21)14-8-6-9-16(12-14)20(23)24/h4-10,12H,2-3,11,13H2,1H3. The maximum Gasteiger partial charge on any atom is 0.338 e. The zero-order chi connectivity index (χ0) is 18.9. The molecule has 26 heavy (non-hydrogen) atoms. The van der Waals surface area contributed by atoms with Gasteiger partial charge >= 0.3 is 11.9 Å². The van der Waals surface area contributed by atoms with Crippen LogP contribution in [0.25, 0.3) is 0 Å². The molecule has 0 heterocycles. The number of benzene rings is 2.